The number of nitrogens with zero attached hydrogens (tertiary/aromatic N) is 1. The summed E-state index contributed by atoms with van der Waals surface area (Å²) in [5, 5.41) is 9.83. The van der Waals surface area contributed by atoms with Gasteiger partial charge in [-0.05, 0) is 67.9 Å². The number of phenols is 1. The van der Waals surface area contributed by atoms with Crippen molar-refractivity contribution >= 4 is 27.6 Å². The Labute approximate surface area is 170 Å². The third-order valence-electron chi connectivity index (χ3n) is 4.17. The maximum Gasteiger partial charge on any atom is 0.262 e. The third-order valence-corrected chi connectivity index (χ3v) is 5.69. The highest BCUT2D eigenvalue weighted by Crippen LogP contribution is 2.26. The van der Waals surface area contributed by atoms with Crippen LogP contribution in [0.5, 0.6) is 11.5 Å². The summed E-state index contributed by atoms with van der Waals surface area (Å²) in [4.78, 5) is 4.44. The number of hydrogen-bond acceptors (Lipinski definition) is 5. The van der Waals surface area contributed by atoms with Gasteiger partial charge in [-0.2, -0.15) is 0 Å². The Morgan fingerprint density at radius 2 is 1.79 bits per heavy atom. The van der Waals surface area contributed by atoms with E-state index in [1.165, 1.54) is 12.3 Å². The minimum absolute atomic E-state index is 0.105. The van der Waals surface area contributed by atoms with Gasteiger partial charge in [0.05, 0.1) is 17.2 Å². The number of para-hydroxylation sites is 1. The fourth-order valence-corrected chi connectivity index (χ4v) is 4.02. The number of aliphatic imine (C=N–C) groups is 1. The molecule has 0 aliphatic rings. The Hall–Kier alpha value is -3.32. The van der Waals surface area contributed by atoms with Crippen molar-refractivity contribution in [2.75, 3.05) is 11.3 Å². The van der Waals surface area contributed by atoms with Crippen molar-refractivity contribution in [3.8, 4) is 11.5 Å². The van der Waals surface area contributed by atoms with Crippen molar-refractivity contribution in [2.45, 2.75) is 18.7 Å². The van der Waals surface area contributed by atoms with Crippen LogP contribution in [0, 0.1) is 6.92 Å². The molecule has 0 saturated carbocycles. The predicted molar refractivity (Wildman–Crippen MR) is 115 cm³/mol. The zero-order valence-corrected chi connectivity index (χ0v) is 17.0. The first kappa shape index (κ1) is 20.4. The first-order chi connectivity index (χ1) is 13.9. The minimum Gasteiger partial charge on any atom is -0.507 e. The number of aryl methyl sites for hydroxylation is 1. The molecule has 150 valence electrons. The summed E-state index contributed by atoms with van der Waals surface area (Å²) in [7, 11) is -3.80. The van der Waals surface area contributed by atoms with Gasteiger partial charge in [-0.15, -0.1) is 0 Å². The highest BCUT2D eigenvalue weighted by molar-refractivity contribution is 7.92. The van der Waals surface area contributed by atoms with Crippen molar-refractivity contribution in [1.82, 2.24) is 0 Å². The molecule has 0 aliphatic carbocycles. The van der Waals surface area contributed by atoms with Crippen LogP contribution in [0.1, 0.15) is 18.1 Å². The van der Waals surface area contributed by atoms with Gasteiger partial charge in [0.25, 0.3) is 10.0 Å². The Bertz CT molecular complexity index is 1120. The third kappa shape index (κ3) is 5.14. The van der Waals surface area contributed by atoms with E-state index in [2.05, 4.69) is 9.71 Å². The molecular formula is C22H22N2O4S. The molecule has 0 heterocycles. The standard InChI is InChI=1S/C22H22N2O4S/c1-3-28-20-12-10-18(11-13-20)24-29(26,27)22-14-19(9-8-16(22)2)23-15-17-6-4-5-7-21(17)25/h4-15,24-25H,3H2,1-2H3. The summed E-state index contributed by atoms with van der Waals surface area (Å²) in [6, 6.07) is 18.4. The number of nitrogens with one attached hydrogen (secondary N) is 1. The van der Waals surface area contributed by atoms with Crippen LogP contribution in [0.3, 0.4) is 0 Å². The Morgan fingerprint density at radius 1 is 1.07 bits per heavy atom. The average Bonchev–Trinajstić information content (AvgIpc) is 2.70. The van der Waals surface area contributed by atoms with Crippen LogP contribution in [-0.4, -0.2) is 26.3 Å². The average molecular weight is 410 g/mol. The second-order valence-corrected chi connectivity index (χ2v) is 7.98. The molecule has 7 heteroatoms. The zero-order chi connectivity index (χ0) is 20.9. The van der Waals surface area contributed by atoms with Crippen molar-refractivity contribution in [3.05, 3.63) is 77.9 Å². The molecular weight excluding hydrogens is 388 g/mol. The van der Waals surface area contributed by atoms with Gasteiger partial charge in [-0.1, -0.05) is 18.2 Å². The lowest BCUT2D eigenvalue weighted by Gasteiger charge is -2.12. The van der Waals surface area contributed by atoms with Crippen LogP contribution >= 0.6 is 0 Å². The molecule has 2 N–H and O–H groups in total. The molecule has 0 spiro atoms. The summed E-state index contributed by atoms with van der Waals surface area (Å²) < 4.78 is 33.7. The first-order valence-electron chi connectivity index (χ1n) is 9.07. The van der Waals surface area contributed by atoms with Crippen molar-refractivity contribution in [1.29, 1.82) is 0 Å². The van der Waals surface area contributed by atoms with Crippen molar-refractivity contribution < 1.29 is 18.3 Å². The zero-order valence-electron chi connectivity index (χ0n) is 16.2. The second-order valence-electron chi connectivity index (χ2n) is 6.33. The lowest BCUT2D eigenvalue weighted by atomic mass is 10.2. The fourth-order valence-electron chi connectivity index (χ4n) is 2.70. The van der Waals surface area contributed by atoms with Gasteiger partial charge < -0.3 is 9.84 Å². The van der Waals surface area contributed by atoms with Crippen LogP contribution < -0.4 is 9.46 Å². The molecule has 3 aromatic rings. The van der Waals surface area contributed by atoms with E-state index >= 15 is 0 Å². The topological polar surface area (TPSA) is 88.0 Å². The predicted octanol–water partition coefficient (Wildman–Crippen LogP) is 4.65. The van der Waals surface area contributed by atoms with Gasteiger partial charge in [-0.3, -0.25) is 9.71 Å². The summed E-state index contributed by atoms with van der Waals surface area (Å²) in [6.07, 6.45) is 1.50. The van der Waals surface area contributed by atoms with Gasteiger partial charge in [0.1, 0.15) is 11.5 Å². The number of hydrogen-bond donors (Lipinski definition) is 2. The summed E-state index contributed by atoms with van der Waals surface area (Å²) >= 11 is 0. The molecule has 29 heavy (non-hydrogen) atoms. The lowest BCUT2D eigenvalue weighted by molar-refractivity contribution is 0.340. The Balaban J connectivity index is 1.85. The van der Waals surface area contributed by atoms with Gasteiger partial charge in [0.15, 0.2) is 0 Å². The SMILES string of the molecule is CCOc1ccc(NS(=O)(=O)c2cc(N=Cc3ccccc3O)ccc2C)cc1. The van der Waals surface area contributed by atoms with Gasteiger partial charge >= 0.3 is 0 Å². The van der Waals surface area contributed by atoms with E-state index in [0.717, 1.165) is 0 Å². The maximum absolute atomic E-state index is 12.9. The van der Waals surface area contributed by atoms with E-state index in [1.54, 1.807) is 67.6 Å². The molecule has 0 aromatic heterocycles. The molecule has 0 bridgehead atoms. The first-order valence-corrected chi connectivity index (χ1v) is 10.6. The molecule has 6 nitrogen and oxygen atoms in total. The second kappa shape index (κ2) is 8.79. The number of sulfonamides is 1. The monoisotopic (exact) mass is 410 g/mol. The van der Waals surface area contributed by atoms with Crippen molar-refractivity contribution in [2.24, 2.45) is 4.99 Å². The number of phenolic OH excluding ortho intramolecular Hbond substituents is 1. The van der Waals surface area contributed by atoms with Crippen LogP contribution in [0.25, 0.3) is 0 Å². The number of rotatable bonds is 7. The van der Waals surface area contributed by atoms with E-state index < -0.39 is 10.0 Å². The lowest BCUT2D eigenvalue weighted by Crippen LogP contribution is -2.14. The van der Waals surface area contributed by atoms with E-state index in [4.69, 9.17) is 4.74 Å². The summed E-state index contributed by atoms with van der Waals surface area (Å²) in [5.74, 6) is 0.778. The molecule has 0 radical (unpaired) electrons. The van der Waals surface area contributed by atoms with E-state index in [9.17, 15) is 13.5 Å². The summed E-state index contributed by atoms with van der Waals surface area (Å²) in [5.41, 5.74) is 2.05. The molecule has 0 atom stereocenters. The maximum atomic E-state index is 12.9. The highest BCUT2D eigenvalue weighted by Gasteiger charge is 2.17. The van der Waals surface area contributed by atoms with Crippen LogP contribution in [0.2, 0.25) is 0 Å². The van der Waals surface area contributed by atoms with E-state index in [1.807, 2.05) is 6.92 Å². The number of anilines is 1. The van der Waals surface area contributed by atoms with Gasteiger partial charge in [0.2, 0.25) is 0 Å². The Kier molecular flexibility index (Phi) is 6.19. The van der Waals surface area contributed by atoms with Crippen LogP contribution in [0.15, 0.2) is 76.6 Å². The summed E-state index contributed by atoms with van der Waals surface area (Å²) in [6.45, 7) is 4.15. The van der Waals surface area contributed by atoms with Crippen LogP contribution in [-0.2, 0) is 10.0 Å². The molecule has 0 aliphatic heterocycles. The Morgan fingerprint density at radius 3 is 2.48 bits per heavy atom. The normalized spacial score (nSPS) is 11.5. The van der Waals surface area contributed by atoms with Gasteiger partial charge in [-0.25, -0.2) is 8.42 Å². The van der Waals surface area contributed by atoms with Crippen LogP contribution in [0.4, 0.5) is 11.4 Å². The smallest absolute Gasteiger partial charge is 0.262 e. The molecule has 0 fully saturated rings. The molecule has 0 saturated heterocycles. The number of ether oxygens (including phenoxy) is 1. The van der Waals surface area contributed by atoms with Gasteiger partial charge in [0, 0.05) is 17.5 Å². The number of benzene rings is 3. The minimum atomic E-state index is -3.80. The molecule has 3 aromatic carbocycles. The number of aromatic hydroxyl groups is 1. The molecule has 0 unspecified atom stereocenters. The largest absolute Gasteiger partial charge is 0.507 e. The molecule has 3 rings (SSSR count). The molecule has 0 amide bonds. The fraction of sp³-hybridized carbons (Fsp3) is 0.136. The van der Waals surface area contributed by atoms with Crippen molar-refractivity contribution in [3.63, 3.8) is 0 Å². The van der Waals surface area contributed by atoms with E-state index in [-0.39, 0.29) is 10.6 Å². The quantitative estimate of drug-likeness (QED) is 0.555. The van der Waals surface area contributed by atoms with E-state index in [0.29, 0.717) is 34.9 Å². The highest BCUT2D eigenvalue weighted by atomic mass is 32.2.